The average Bonchev–Trinajstić information content (AvgIpc) is 2.81. The summed E-state index contributed by atoms with van der Waals surface area (Å²) in [5, 5.41) is 0.644. The summed E-state index contributed by atoms with van der Waals surface area (Å²) in [6, 6.07) is 15.7. The number of Topliss-reactive ketones (excluding diaryl/α,β-unsaturated/α-hetero) is 1. The van der Waals surface area contributed by atoms with Crippen molar-refractivity contribution in [3.63, 3.8) is 0 Å². The van der Waals surface area contributed by atoms with Gasteiger partial charge in [0, 0.05) is 49.2 Å². The summed E-state index contributed by atoms with van der Waals surface area (Å²) >= 11 is 5.93. The van der Waals surface area contributed by atoms with Crippen molar-refractivity contribution in [2.24, 2.45) is 5.92 Å². The minimum atomic E-state index is 0.0347. The number of carbonyl (C=O) groups excluding carboxylic acids is 2. The highest BCUT2D eigenvalue weighted by Crippen LogP contribution is 2.23. The van der Waals surface area contributed by atoms with Gasteiger partial charge in [-0.1, -0.05) is 35.9 Å². The van der Waals surface area contributed by atoms with Crippen LogP contribution in [-0.4, -0.2) is 72.2 Å². The van der Waals surface area contributed by atoms with Crippen LogP contribution in [0.1, 0.15) is 34.3 Å². The Hall–Kier alpha value is -2.21. The molecule has 0 aromatic heterocycles. The molecule has 32 heavy (non-hydrogen) atoms. The summed E-state index contributed by atoms with van der Waals surface area (Å²) in [5.74, 6) is 0.438. The van der Waals surface area contributed by atoms with Crippen molar-refractivity contribution in [3.8, 4) is 0 Å². The summed E-state index contributed by atoms with van der Waals surface area (Å²) in [5.41, 5.74) is 3.42. The van der Waals surface area contributed by atoms with Crippen LogP contribution in [0.2, 0.25) is 5.02 Å². The van der Waals surface area contributed by atoms with Gasteiger partial charge in [-0.2, -0.15) is 0 Å². The smallest absolute Gasteiger partial charge is 0.236 e. The molecule has 2 saturated heterocycles. The van der Waals surface area contributed by atoms with Crippen LogP contribution in [-0.2, 0) is 11.3 Å². The maximum absolute atomic E-state index is 12.8. The van der Waals surface area contributed by atoms with Crippen molar-refractivity contribution in [1.82, 2.24) is 14.7 Å². The largest absolute Gasteiger partial charge is 0.339 e. The third-order valence-electron chi connectivity index (χ3n) is 6.83. The number of halogens is 1. The van der Waals surface area contributed by atoms with Crippen LogP contribution in [0.3, 0.4) is 0 Å². The number of benzene rings is 2. The Labute approximate surface area is 195 Å². The molecule has 2 aromatic carbocycles. The lowest BCUT2D eigenvalue weighted by Gasteiger charge is -2.37. The van der Waals surface area contributed by atoms with Gasteiger partial charge < -0.3 is 4.90 Å². The zero-order valence-corrected chi connectivity index (χ0v) is 19.6. The number of nitrogens with zero attached hydrogens (tertiary/aromatic N) is 3. The van der Waals surface area contributed by atoms with Crippen LogP contribution in [0.25, 0.3) is 0 Å². The molecule has 0 aliphatic carbocycles. The molecule has 2 fully saturated rings. The summed E-state index contributed by atoms with van der Waals surface area (Å²) in [6.45, 7) is 8.55. The Morgan fingerprint density at radius 3 is 2.19 bits per heavy atom. The number of amides is 1. The second-order valence-electron chi connectivity index (χ2n) is 9.00. The third-order valence-corrected chi connectivity index (χ3v) is 7.08. The lowest BCUT2D eigenvalue weighted by atomic mass is 9.89. The lowest BCUT2D eigenvalue weighted by molar-refractivity contribution is -0.134. The summed E-state index contributed by atoms with van der Waals surface area (Å²) in [7, 11) is 0. The van der Waals surface area contributed by atoms with Gasteiger partial charge in [0.15, 0.2) is 5.78 Å². The zero-order valence-electron chi connectivity index (χ0n) is 18.8. The summed E-state index contributed by atoms with van der Waals surface area (Å²) in [6.07, 6.45) is 1.61. The molecule has 2 aromatic rings. The molecule has 2 aliphatic rings. The first-order valence-electron chi connectivity index (χ1n) is 11.6. The number of piperidine rings is 1. The highest BCUT2D eigenvalue weighted by Gasteiger charge is 2.28. The summed E-state index contributed by atoms with van der Waals surface area (Å²) < 4.78 is 0. The van der Waals surface area contributed by atoms with E-state index in [2.05, 4.69) is 41.0 Å². The van der Waals surface area contributed by atoms with E-state index < -0.39 is 0 Å². The maximum atomic E-state index is 12.8. The van der Waals surface area contributed by atoms with Crippen molar-refractivity contribution in [3.05, 3.63) is 70.2 Å². The quantitative estimate of drug-likeness (QED) is 0.622. The number of likely N-dealkylation sites (tertiary alicyclic amines) is 1. The SMILES string of the molecule is Cc1ccccc1CN1CCN(C(=O)CN2CCC(C(=O)c3ccc(Cl)cc3)CC2)CC1. The zero-order chi connectivity index (χ0) is 22.5. The molecular formula is C26H32ClN3O2. The monoisotopic (exact) mass is 453 g/mol. The highest BCUT2D eigenvalue weighted by molar-refractivity contribution is 6.30. The Morgan fingerprint density at radius 1 is 0.875 bits per heavy atom. The normalized spacial score (nSPS) is 18.6. The number of hydrogen-bond donors (Lipinski definition) is 0. The molecule has 0 atom stereocenters. The van der Waals surface area contributed by atoms with E-state index in [4.69, 9.17) is 11.6 Å². The molecule has 5 nitrogen and oxygen atoms in total. The van der Waals surface area contributed by atoms with Gasteiger partial charge in [-0.25, -0.2) is 0 Å². The fourth-order valence-electron chi connectivity index (χ4n) is 4.68. The molecule has 0 radical (unpaired) electrons. The van der Waals surface area contributed by atoms with Crippen LogP contribution in [0, 0.1) is 12.8 Å². The number of piperazine rings is 1. The first-order valence-corrected chi connectivity index (χ1v) is 11.9. The van der Waals surface area contributed by atoms with E-state index >= 15 is 0 Å². The van der Waals surface area contributed by atoms with E-state index in [1.54, 1.807) is 24.3 Å². The number of carbonyl (C=O) groups is 2. The lowest BCUT2D eigenvalue weighted by Crippen LogP contribution is -2.51. The van der Waals surface area contributed by atoms with Gasteiger partial charge in [0.05, 0.1) is 6.54 Å². The van der Waals surface area contributed by atoms with Crippen molar-refractivity contribution in [2.75, 3.05) is 45.8 Å². The predicted molar refractivity (Wildman–Crippen MR) is 128 cm³/mol. The van der Waals surface area contributed by atoms with E-state index in [-0.39, 0.29) is 17.6 Å². The van der Waals surface area contributed by atoms with Crippen molar-refractivity contribution in [2.45, 2.75) is 26.3 Å². The molecule has 1 amide bonds. The minimum Gasteiger partial charge on any atom is -0.339 e. The van der Waals surface area contributed by atoms with E-state index in [1.165, 1.54) is 11.1 Å². The molecule has 0 spiro atoms. The first kappa shape index (κ1) is 23.0. The standard InChI is InChI=1S/C26H32ClN3O2/c1-20-4-2-3-5-23(20)18-29-14-16-30(17-15-29)25(31)19-28-12-10-22(11-13-28)26(32)21-6-8-24(27)9-7-21/h2-9,22H,10-19H2,1H3. The van der Waals surface area contributed by atoms with E-state index in [1.807, 2.05) is 4.90 Å². The topological polar surface area (TPSA) is 43.9 Å². The number of rotatable bonds is 6. The molecule has 0 bridgehead atoms. The van der Waals surface area contributed by atoms with Crippen LogP contribution in [0.4, 0.5) is 0 Å². The van der Waals surface area contributed by atoms with Crippen LogP contribution in [0.15, 0.2) is 48.5 Å². The molecule has 0 saturated carbocycles. The Morgan fingerprint density at radius 2 is 1.53 bits per heavy atom. The van der Waals surface area contributed by atoms with E-state index in [0.29, 0.717) is 11.6 Å². The van der Waals surface area contributed by atoms with Gasteiger partial charge in [-0.05, 0) is 68.2 Å². The van der Waals surface area contributed by atoms with Crippen LogP contribution < -0.4 is 0 Å². The average molecular weight is 454 g/mol. The molecule has 6 heteroatoms. The fourth-order valence-corrected chi connectivity index (χ4v) is 4.80. The molecule has 4 rings (SSSR count). The van der Waals surface area contributed by atoms with Gasteiger partial charge in [-0.3, -0.25) is 19.4 Å². The van der Waals surface area contributed by atoms with Crippen LogP contribution >= 0.6 is 11.6 Å². The molecule has 2 heterocycles. The van der Waals surface area contributed by atoms with Crippen molar-refractivity contribution < 1.29 is 9.59 Å². The molecule has 0 unspecified atom stereocenters. The number of aryl methyl sites for hydroxylation is 1. The molecule has 2 aliphatic heterocycles. The Bertz CT molecular complexity index is 930. The van der Waals surface area contributed by atoms with Gasteiger partial charge in [0.25, 0.3) is 0 Å². The number of ketones is 1. The molecule has 0 N–H and O–H groups in total. The third kappa shape index (κ3) is 5.77. The fraction of sp³-hybridized carbons (Fsp3) is 0.462. The van der Waals surface area contributed by atoms with Crippen LogP contribution in [0.5, 0.6) is 0 Å². The van der Waals surface area contributed by atoms with E-state index in [9.17, 15) is 9.59 Å². The highest BCUT2D eigenvalue weighted by atomic mass is 35.5. The van der Waals surface area contributed by atoms with Gasteiger partial charge in [-0.15, -0.1) is 0 Å². The maximum Gasteiger partial charge on any atom is 0.236 e. The predicted octanol–water partition coefficient (Wildman–Crippen LogP) is 3.89. The van der Waals surface area contributed by atoms with E-state index in [0.717, 1.165) is 64.2 Å². The van der Waals surface area contributed by atoms with Crippen molar-refractivity contribution in [1.29, 1.82) is 0 Å². The molecular weight excluding hydrogens is 422 g/mol. The first-order chi connectivity index (χ1) is 15.5. The second-order valence-corrected chi connectivity index (χ2v) is 9.44. The van der Waals surface area contributed by atoms with Gasteiger partial charge in [0.1, 0.15) is 0 Å². The Kier molecular flexibility index (Phi) is 7.61. The van der Waals surface area contributed by atoms with Gasteiger partial charge >= 0.3 is 0 Å². The molecule has 170 valence electrons. The second kappa shape index (κ2) is 10.6. The van der Waals surface area contributed by atoms with Crippen molar-refractivity contribution >= 4 is 23.3 Å². The van der Waals surface area contributed by atoms with Gasteiger partial charge in [0.2, 0.25) is 5.91 Å². The minimum absolute atomic E-state index is 0.0347. The number of hydrogen-bond acceptors (Lipinski definition) is 4. The Balaban J connectivity index is 1.20. The summed E-state index contributed by atoms with van der Waals surface area (Å²) in [4.78, 5) is 32.2.